The van der Waals surface area contributed by atoms with Gasteiger partial charge in [0.1, 0.15) is 10.7 Å². The molecular weight excluding hydrogens is 257 g/mol. The van der Waals surface area contributed by atoms with E-state index in [2.05, 4.69) is 10.3 Å². The Hall–Kier alpha value is -2.02. The van der Waals surface area contributed by atoms with Gasteiger partial charge in [-0.05, 0) is 19.1 Å². The van der Waals surface area contributed by atoms with Crippen molar-refractivity contribution in [2.75, 3.05) is 5.32 Å². The van der Waals surface area contributed by atoms with Gasteiger partial charge >= 0.3 is 5.69 Å². The maximum absolute atomic E-state index is 13.3. The lowest BCUT2D eigenvalue weighted by Gasteiger charge is -2.05. The molecule has 94 valence electrons. The number of nitro benzene ring substituents is 1. The summed E-state index contributed by atoms with van der Waals surface area (Å²) in [6.45, 7) is 2.20. The lowest BCUT2D eigenvalue weighted by Crippen LogP contribution is -2.03. The molecular formula is C11H10FN3O2S. The van der Waals surface area contributed by atoms with Gasteiger partial charge in [0.15, 0.2) is 0 Å². The fourth-order valence-corrected chi connectivity index (χ4v) is 2.21. The molecule has 1 aromatic carbocycles. The first kappa shape index (κ1) is 12.4. The van der Waals surface area contributed by atoms with E-state index in [9.17, 15) is 14.5 Å². The number of nitro groups is 1. The van der Waals surface area contributed by atoms with Crippen LogP contribution < -0.4 is 5.32 Å². The molecule has 0 bridgehead atoms. The predicted octanol–water partition coefficient (Wildman–Crippen LogP) is 3.11. The summed E-state index contributed by atoms with van der Waals surface area (Å²) in [7, 11) is 0. The Morgan fingerprint density at radius 2 is 2.33 bits per heavy atom. The zero-order valence-electron chi connectivity index (χ0n) is 9.51. The van der Waals surface area contributed by atoms with Crippen molar-refractivity contribution in [3.63, 3.8) is 0 Å². The molecule has 0 radical (unpaired) electrons. The van der Waals surface area contributed by atoms with Gasteiger partial charge in [-0.15, -0.1) is 11.3 Å². The van der Waals surface area contributed by atoms with E-state index in [-0.39, 0.29) is 5.69 Å². The van der Waals surface area contributed by atoms with Crippen molar-refractivity contribution >= 4 is 22.7 Å². The van der Waals surface area contributed by atoms with Gasteiger partial charge in [0.25, 0.3) is 0 Å². The van der Waals surface area contributed by atoms with Crippen LogP contribution in [0.1, 0.15) is 10.7 Å². The molecule has 18 heavy (non-hydrogen) atoms. The minimum Gasteiger partial charge on any atom is -0.373 e. The third-order valence-corrected chi connectivity index (χ3v) is 3.23. The third-order valence-electron chi connectivity index (χ3n) is 2.27. The van der Waals surface area contributed by atoms with Crippen LogP contribution in [0, 0.1) is 22.9 Å². The Kier molecular flexibility index (Phi) is 3.52. The number of thiazole rings is 1. The SMILES string of the molecule is Cc1csc(CNc2cccc(F)c2[N+](=O)[O-])n1. The van der Waals surface area contributed by atoms with Gasteiger partial charge in [-0.1, -0.05) is 6.07 Å². The average Bonchev–Trinajstić information content (AvgIpc) is 2.72. The number of nitrogens with zero attached hydrogens (tertiary/aromatic N) is 2. The third kappa shape index (κ3) is 2.62. The number of para-hydroxylation sites is 1. The molecule has 0 saturated carbocycles. The summed E-state index contributed by atoms with van der Waals surface area (Å²) in [5, 5.41) is 16.3. The van der Waals surface area contributed by atoms with Crippen molar-refractivity contribution in [1.82, 2.24) is 4.98 Å². The van der Waals surface area contributed by atoms with Gasteiger partial charge in [0, 0.05) is 11.1 Å². The van der Waals surface area contributed by atoms with Crippen LogP contribution in [-0.2, 0) is 6.54 Å². The number of aryl methyl sites for hydroxylation is 1. The van der Waals surface area contributed by atoms with Gasteiger partial charge < -0.3 is 5.32 Å². The number of anilines is 1. The van der Waals surface area contributed by atoms with Crippen LogP contribution in [0.15, 0.2) is 23.6 Å². The number of aromatic nitrogens is 1. The predicted molar refractivity (Wildman–Crippen MR) is 67.2 cm³/mol. The van der Waals surface area contributed by atoms with E-state index in [1.165, 1.54) is 23.5 Å². The molecule has 1 aromatic heterocycles. The molecule has 0 spiro atoms. The van der Waals surface area contributed by atoms with Gasteiger partial charge in [0.05, 0.1) is 11.5 Å². The van der Waals surface area contributed by atoms with E-state index < -0.39 is 16.4 Å². The van der Waals surface area contributed by atoms with Crippen molar-refractivity contribution in [2.45, 2.75) is 13.5 Å². The number of hydrogen-bond donors (Lipinski definition) is 1. The van der Waals surface area contributed by atoms with Crippen LogP contribution in [-0.4, -0.2) is 9.91 Å². The largest absolute Gasteiger partial charge is 0.373 e. The van der Waals surface area contributed by atoms with Crippen LogP contribution in [0.4, 0.5) is 15.8 Å². The lowest BCUT2D eigenvalue weighted by molar-refractivity contribution is -0.386. The quantitative estimate of drug-likeness (QED) is 0.682. The first-order valence-corrected chi connectivity index (χ1v) is 6.03. The van der Waals surface area contributed by atoms with Crippen LogP contribution in [0.25, 0.3) is 0 Å². The van der Waals surface area contributed by atoms with Crippen molar-refractivity contribution < 1.29 is 9.31 Å². The van der Waals surface area contributed by atoms with E-state index >= 15 is 0 Å². The van der Waals surface area contributed by atoms with E-state index in [1.54, 1.807) is 0 Å². The molecule has 5 nitrogen and oxygen atoms in total. The Morgan fingerprint density at radius 3 is 2.94 bits per heavy atom. The molecule has 0 aliphatic heterocycles. The number of benzene rings is 1. The molecule has 1 N–H and O–H groups in total. The van der Waals surface area contributed by atoms with Gasteiger partial charge in [0.2, 0.25) is 5.82 Å². The van der Waals surface area contributed by atoms with Crippen molar-refractivity contribution in [3.8, 4) is 0 Å². The fraction of sp³-hybridized carbons (Fsp3) is 0.182. The summed E-state index contributed by atoms with van der Waals surface area (Å²) >= 11 is 1.45. The molecule has 0 atom stereocenters. The summed E-state index contributed by atoms with van der Waals surface area (Å²) in [4.78, 5) is 14.3. The van der Waals surface area contributed by atoms with Crippen molar-refractivity contribution in [1.29, 1.82) is 0 Å². The minimum absolute atomic E-state index is 0.160. The van der Waals surface area contributed by atoms with Gasteiger partial charge in [-0.3, -0.25) is 10.1 Å². The summed E-state index contributed by atoms with van der Waals surface area (Å²) < 4.78 is 13.3. The molecule has 0 amide bonds. The molecule has 0 aliphatic rings. The minimum atomic E-state index is -0.847. The highest BCUT2D eigenvalue weighted by molar-refractivity contribution is 7.09. The zero-order valence-corrected chi connectivity index (χ0v) is 10.3. The molecule has 0 saturated heterocycles. The Bertz CT molecular complexity index is 585. The molecule has 1 heterocycles. The molecule has 2 rings (SSSR count). The normalized spacial score (nSPS) is 10.3. The first-order valence-electron chi connectivity index (χ1n) is 5.15. The standard InChI is InChI=1S/C11H10FN3O2S/c1-7-6-18-10(14-7)5-13-9-4-2-3-8(12)11(9)15(16)17/h2-4,6,13H,5H2,1H3. The Labute approximate surface area is 106 Å². The average molecular weight is 267 g/mol. The highest BCUT2D eigenvalue weighted by Crippen LogP contribution is 2.27. The second kappa shape index (κ2) is 5.09. The summed E-state index contributed by atoms with van der Waals surface area (Å²) in [5.74, 6) is -0.847. The highest BCUT2D eigenvalue weighted by Gasteiger charge is 2.19. The number of hydrogen-bond acceptors (Lipinski definition) is 5. The van der Waals surface area contributed by atoms with Crippen LogP contribution in [0.5, 0.6) is 0 Å². The van der Waals surface area contributed by atoms with Crippen LogP contribution >= 0.6 is 11.3 Å². The fourth-order valence-electron chi connectivity index (χ4n) is 1.50. The topological polar surface area (TPSA) is 68.1 Å². The maximum atomic E-state index is 13.3. The lowest BCUT2D eigenvalue weighted by atomic mass is 10.2. The number of nitrogens with one attached hydrogen (secondary N) is 1. The molecule has 0 fully saturated rings. The van der Waals surface area contributed by atoms with Crippen LogP contribution in [0.2, 0.25) is 0 Å². The smallest absolute Gasteiger partial charge is 0.327 e. The molecule has 7 heteroatoms. The van der Waals surface area contributed by atoms with Gasteiger partial charge in [-0.25, -0.2) is 4.98 Å². The van der Waals surface area contributed by atoms with Crippen molar-refractivity contribution in [2.24, 2.45) is 0 Å². The summed E-state index contributed by atoms with van der Waals surface area (Å²) in [6.07, 6.45) is 0. The summed E-state index contributed by atoms with van der Waals surface area (Å²) in [6, 6.07) is 3.97. The maximum Gasteiger partial charge on any atom is 0.327 e. The van der Waals surface area contributed by atoms with Crippen LogP contribution in [0.3, 0.4) is 0 Å². The number of rotatable bonds is 4. The first-order chi connectivity index (χ1) is 8.58. The van der Waals surface area contributed by atoms with E-state index in [0.717, 1.165) is 16.8 Å². The Morgan fingerprint density at radius 1 is 1.56 bits per heavy atom. The number of halogens is 1. The highest BCUT2D eigenvalue weighted by atomic mass is 32.1. The van der Waals surface area contributed by atoms with Crippen molar-refractivity contribution in [3.05, 3.63) is 50.2 Å². The molecule has 0 aliphatic carbocycles. The zero-order chi connectivity index (χ0) is 13.1. The second-order valence-corrected chi connectivity index (χ2v) is 4.57. The molecule has 0 unspecified atom stereocenters. The second-order valence-electron chi connectivity index (χ2n) is 3.63. The summed E-state index contributed by atoms with van der Waals surface area (Å²) in [5.41, 5.74) is 0.518. The van der Waals surface area contributed by atoms with E-state index in [0.29, 0.717) is 6.54 Å². The van der Waals surface area contributed by atoms with E-state index in [4.69, 9.17) is 0 Å². The molecule has 2 aromatic rings. The Balaban J connectivity index is 2.19. The van der Waals surface area contributed by atoms with E-state index in [1.807, 2.05) is 12.3 Å². The monoisotopic (exact) mass is 267 g/mol. The van der Waals surface area contributed by atoms with Gasteiger partial charge in [-0.2, -0.15) is 4.39 Å².